The first kappa shape index (κ1) is 17.9. The molecule has 3 heteroatoms. The molecule has 3 aromatic heterocycles. The third-order valence-corrected chi connectivity index (χ3v) is 10.3. The summed E-state index contributed by atoms with van der Waals surface area (Å²) in [7, 11) is 0. The molecule has 57 heavy (non-hydrogen) atoms. The molecule has 0 spiro atoms. The van der Waals surface area contributed by atoms with Crippen molar-refractivity contribution in [1.82, 2.24) is 13.7 Å². The standard InChI is InChI=1S/C54H35N3/c1-3-15-36(16-4-1)37-17-13-20-41(33-37)56-49-26-12-9-23-44(49)54-52(56)27-14-28-53(54)57-48-25-11-8-22-43(48)46-35-39(30-32-51(46)57)38-29-31-50-45(34-38)42-21-7-10-24-47(42)55(50)40-18-5-2-6-19-40/h1-35H/i7D,8D,9D,10D,11D,12D,14D,21D,22D,23D,24D,25D,26D,27D,28D,29D,30D,32D,34D,35D. The lowest BCUT2D eigenvalue weighted by Gasteiger charge is -2.12. The molecule has 0 aliphatic heterocycles. The van der Waals surface area contributed by atoms with E-state index in [1.807, 2.05) is 36.4 Å². The van der Waals surface area contributed by atoms with E-state index in [1.165, 1.54) is 15.2 Å². The Morgan fingerprint density at radius 3 is 1.61 bits per heavy atom. The van der Waals surface area contributed by atoms with Gasteiger partial charge in [0.05, 0.1) is 66.2 Å². The molecule has 9 aromatic carbocycles. The first-order valence-corrected chi connectivity index (χ1v) is 18.0. The van der Waals surface area contributed by atoms with Crippen LogP contribution in [0.25, 0.3) is 105 Å². The van der Waals surface area contributed by atoms with E-state index in [-0.39, 0.29) is 49.3 Å². The lowest BCUT2D eigenvalue weighted by Crippen LogP contribution is -1.97. The molecule has 0 N–H and O–H groups in total. The lowest BCUT2D eigenvalue weighted by molar-refractivity contribution is 1.17. The molecule has 0 aliphatic rings. The monoisotopic (exact) mass is 745 g/mol. The molecule has 0 unspecified atom stereocenters. The van der Waals surface area contributed by atoms with Crippen molar-refractivity contribution < 1.29 is 27.4 Å². The Labute approximate surface area is 357 Å². The van der Waals surface area contributed by atoms with E-state index in [0.717, 1.165) is 10.1 Å². The summed E-state index contributed by atoms with van der Waals surface area (Å²) in [5.74, 6) is 0. The Morgan fingerprint density at radius 1 is 0.316 bits per heavy atom. The zero-order valence-electron chi connectivity index (χ0n) is 49.5. The van der Waals surface area contributed by atoms with E-state index >= 15 is 0 Å². The average Bonchev–Trinajstić information content (AvgIpc) is 3.75. The molecule has 266 valence electrons. The van der Waals surface area contributed by atoms with Crippen molar-refractivity contribution in [2.75, 3.05) is 0 Å². The minimum atomic E-state index is -0.801. The van der Waals surface area contributed by atoms with Crippen molar-refractivity contribution >= 4 is 65.4 Å². The Hall–Kier alpha value is -7.62. The molecule has 0 saturated carbocycles. The van der Waals surface area contributed by atoms with Crippen LogP contribution in [0, 0.1) is 0 Å². The van der Waals surface area contributed by atoms with Gasteiger partial charge in [0.25, 0.3) is 0 Å². The molecule has 0 bridgehead atoms. The van der Waals surface area contributed by atoms with Crippen LogP contribution in [0.3, 0.4) is 0 Å². The van der Waals surface area contributed by atoms with Crippen LogP contribution in [0.2, 0.25) is 0 Å². The van der Waals surface area contributed by atoms with Gasteiger partial charge in [0.2, 0.25) is 0 Å². The van der Waals surface area contributed by atoms with Gasteiger partial charge in [-0.3, -0.25) is 0 Å². The molecule has 12 rings (SSSR count). The van der Waals surface area contributed by atoms with Crippen molar-refractivity contribution in [3.05, 3.63) is 212 Å². The highest BCUT2D eigenvalue weighted by Gasteiger charge is 2.20. The van der Waals surface area contributed by atoms with Crippen molar-refractivity contribution in [3.8, 4) is 39.3 Å². The quantitative estimate of drug-likeness (QED) is 0.167. The van der Waals surface area contributed by atoms with Crippen LogP contribution in [-0.2, 0) is 0 Å². The number of rotatable bonds is 5. The molecular weight excluding hydrogens is 691 g/mol. The topological polar surface area (TPSA) is 14.8 Å². The highest BCUT2D eigenvalue weighted by atomic mass is 15.0. The van der Waals surface area contributed by atoms with Gasteiger partial charge in [-0.25, -0.2) is 0 Å². The number of aromatic nitrogens is 3. The second-order valence-corrected chi connectivity index (χ2v) is 13.4. The van der Waals surface area contributed by atoms with Crippen LogP contribution >= 0.6 is 0 Å². The summed E-state index contributed by atoms with van der Waals surface area (Å²) in [6.07, 6.45) is 0. The van der Waals surface area contributed by atoms with Gasteiger partial charge >= 0.3 is 0 Å². The maximum atomic E-state index is 10.1. The molecule has 0 radical (unpaired) electrons. The maximum Gasteiger partial charge on any atom is 0.0645 e. The predicted octanol–water partition coefficient (Wildman–Crippen LogP) is 14.3. The predicted molar refractivity (Wildman–Crippen MR) is 240 cm³/mol. The Bertz CT molecular complexity index is 4680. The summed E-state index contributed by atoms with van der Waals surface area (Å²) < 4.78 is 190. The molecule has 0 amide bonds. The maximum absolute atomic E-state index is 10.1. The van der Waals surface area contributed by atoms with E-state index < -0.39 is 159 Å². The SMILES string of the molecule is [2H]c1cc2c(c([2H])c1-c1c([2H])c([2H])c3c(c1[2H])c1c([2H])c([2H])c([2H])c([2H])c1n3-c1c([2H])c([2H])c([2H])c3c1c1c([2H])c([2H])c([2H])c([2H])c1n3-c1cccc(-c3ccccc3)c1)c1c([2H])c([2H])c([2H])c([2H])c1n2-c1ccccc1. The summed E-state index contributed by atoms with van der Waals surface area (Å²) in [4.78, 5) is 0. The van der Waals surface area contributed by atoms with Crippen LogP contribution < -0.4 is 0 Å². The van der Waals surface area contributed by atoms with E-state index in [1.54, 1.807) is 48.5 Å². The van der Waals surface area contributed by atoms with Crippen molar-refractivity contribution in [2.24, 2.45) is 0 Å². The lowest BCUT2D eigenvalue weighted by atomic mass is 10.0. The van der Waals surface area contributed by atoms with Crippen molar-refractivity contribution in [1.29, 1.82) is 0 Å². The second-order valence-electron chi connectivity index (χ2n) is 13.4. The number of hydrogen-bond donors (Lipinski definition) is 0. The van der Waals surface area contributed by atoms with Crippen molar-refractivity contribution in [2.45, 2.75) is 0 Å². The molecule has 3 nitrogen and oxygen atoms in total. The summed E-state index contributed by atoms with van der Waals surface area (Å²) >= 11 is 0. The molecule has 0 saturated heterocycles. The normalized spacial score (nSPS) is 16.8. The highest BCUT2D eigenvalue weighted by molar-refractivity contribution is 6.17. The molecule has 3 heterocycles. The fraction of sp³-hybridized carbons (Fsp3) is 0. The van der Waals surface area contributed by atoms with Crippen LogP contribution in [0.1, 0.15) is 27.4 Å². The molecular formula is C54H35N3. The van der Waals surface area contributed by atoms with Gasteiger partial charge in [-0.15, -0.1) is 0 Å². The van der Waals surface area contributed by atoms with E-state index in [2.05, 4.69) is 0 Å². The molecule has 12 aromatic rings. The third-order valence-electron chi connectivity index (χ3n) is 10.3. The van der Waals surface area contributed by atoms with E-state index in [0.29, 0.717) is 11.3 Å². The third kappa shape index (κ3) is 4.79. The Kier molecular flexibility index (Phi) is 3.91. The summed E-state index contributed by atoms with van der Waals surface area (Å²) in [5.41, 5.74) is -0.456. The zero-order valence-corrected chi connectivity index (χ0v) is 29.5. The van der Waals surface area contributed by atoms with Gasteiger partial charge in [0, 0.05) is 43.7 Å². The number of hydrogen-bond acceptors (Lipinski definition) is 0. The fourth-order valence-corrected chi connectivity index (χ4v) is 7.86. The van der Waals surface area contributed by atoms with E-state index in [4.69, 9.17) is 11.0 Å². The Morgan fingerprint density at radius 2 is 0.860 bits per heavy atom. The fourth-order valence-electron chi connectivity index (χ4n) is 7.86. The largest absolute Gasteiger partial charge is 0.309 e. The average molecular weight is 746 g/mol. The van der Waals surface area contributed by atoms with Gasteiger partial charge in [-0.1, -0.05) is 133 Å². The van der Waals surface area contributed by atoms with Gasteiger partial charge in [0.1, 0.15) is 0 Å². The second kappa shape index (κ2) is 12.5. The van der Waals surface area contributed by atoms with Crippen LogP contribution in [0.5, 0.6) is 0 Å². The molecule has 0 fully saturated rings. The van der Waals surface area contributed by atoms with Crippen LogP contribution in [0.15, 0.2) is 212 Å². The van der Waals surface area contributed by atoms with E-state index in [9.17, 15) is 16.4 Å². The highest BCUT2D eigenvalue weighted by Crippen LogP contribution is 2.42. The smallest absolute Gasteiger partial charge is 0.0645 e. The summed E-state index contributed by atoms with van der Waals surface area (Å²) in [6, 6.07) is 12.7. The Balaban J connectivity index is 1.28. The molecule has 0 atom stereocenters. The number of benzene rings is 9. The first-order valence-electron chi connectivity index (χ1n) is 28.0. The minimum absolute atomic E-state index is 0.0183. The number of nitrogens with zero attached hydrogens (tertiary/aromatic N) is 3. The summed E-state index contributed by atoms with van der Waals surface area (Å²) in [6.45, 7) is 0. The van der Waals surface area contributed by atoms with Gasteiger partial charge in [0.15, 0.2) is 0 Å². The minimum Gasteiger partial charge on any atom is -0.309 e. The molecule has 0 aliphatic carbocycles. The number of fused-ring (bicyclic) bond motifs is 9. The van der Waals surface area contributed by atoms with Crippen LogP contribution in [-0.4, -0.2) is 13.7 Å². The van der Waals surface area contributed by atoms with Crippen LogP contribution in [0.4, 0.5) is 0 Å². The van der Waals surface area contributed by atoms with Gasteiger partial charge in [-0.05, 0) is 101 Å². The zero-order chi connectivity index (χ0) is 54.9. The van der Waals surface area contributed by atoms with Gasteiger partial charge < -0.3 is 13.7 Å². The summed E-state index contributed by atoms with van der Waals surface area (Å²) in [5, 5.41) is -1.49. The number of para-hydroxylation sites is 4. The van der Waals surface area contributed by atoms with Gasteiger partial charge in [-0.2, -0.15) is 0 Å². The first-order chi connectivity index (χ1) is 36.6. The van der Waals surface area contributed by atoms with Crippen molar-refractivity contribution in [3.63, 3.8) is 0 Å².